The van der Waals surface area contributed by atoms with Gasteiger partial charge in [-0.15, -0.1) is 11.8 Å². The molecule has 1 aliphatic rings. The minimum atomic E-state index is 1.26. The van der Waals surface area contributed by atoms with Crippen LogP contribution in [0.4, 0.5) is 0 Å². The zero-order valence-electron chi connectivity index (χ0n) is 9.33. The Morgan fingerprint density at radius 2 is 2.07 bits per heavy atom. The molecule has 15 heavy (non-hydrogen) atoms. The van der Waals surface area contributed by atoms with E-state index in [0.717, 1.165) is 0 Å². The summed E-state index contributed by atoms with van der Waals surface area (Å²) in [6.07, 6.45) is 11.2. The molecule has 0 fully saturated rings. The van der Waals surface area contributed by atoms with Crippen LogP contribution in [-0.2, 0) is 0 Å². The molecule has 0 atom stereocenters. The number of thioether (sulfide) groups is 1. The number of allylic oxidation sites excluding steroid dienone is 2. The van der Waals surface area contributed by atoms with Gasteiger partial charge in [-0.2, -0.15) is 0 Å². The molecule has 1 aliphatic carbocycles. The van der Waals surface area contributed by atoms with Crippen LogP contribution < -0.4 is 0 Å². The van der Waals surface area contributed by atoms with Crippen molar-refractivity contribution in [3.05, 3.63) is 35.9 Å². The first-order valence-electron chi connectivity index (χ1n) is 5.73. The normalized spacial score (nSPS) is 17.0. The zero-order chi connectivity index (χ0) is 10.5. The average molecular weight is 218 g/mol. The van der Waals surface area contributed by atoms with Gasteiger partial charge < -0.3 is 0 Å². The minimum Gasteiger partial charge on any atom is -0.130 e. The van der Waals surface area contributed by atoms with E-state index in [1.54, 1.807) is 5.57 Å². The van der Waals surface area contributed by atoms with Crippen molar-refractivity contribution in [2.75, 3.05) is 6.26 Å². The largest absolute Gasteiger partial charge is 0.130 e. The van der Waals surface area contributed by atoms with Gasteiger partial charge in [0.1, 0.15) is 0 Å². The van der Waals surface area contributed by atoms with E-state index in [1.807, 2.05) is 11.8 Å². The predicted octanol–water partition coefficient (Wildman–Crippen LogP) is 4.76. The van der Waals surface area contributed by atoms with E-state index in [1.165, 1.54) is 42.6 Å². The Hall–Kier alpha value is -0.690. The zero-order valence-corrected chi connectivity index (χ0v) is 10.1. The van der Waals surface area contributed by atoms with Gasteiger partial charge in [-0.05, 0) is 55.2 Å². The maximum absolute atomic E-state index is 2.44. The van der Waals surface area contributed by atoms with E-state index >= 15 is 0 Å². The fourth-order valence-corrected chi connectivity index (χ4v) is 2.56. The van der Waals surface area contributed by atoms with Gasteiger partial charge in [0, 0.05) is 4.90 Å². The third-order valence-corrected chi connectivity index (χ3v) is 3.71. The van der Waals surface area contributed by atoms with Crippen molar-refractivity contribution in [3.8, 4) is 0 Å². The Bertz CT molecular complexity index is 352. The highest BCUT2D eigenvalue weighted by Gasteiger charge is 2.05. The summed E-state index contributed by atoms with van der Waals surface area (Å²) in [5, 5.41) is 0. The molecule has 0 bridgehead atoms. The fraction of sp³-hybridized carbons (Fsp3) is 0.429. The maximum Gasteiger partial charge on any atom is 0.00751 e. The Morgan fingerprint density at radius 3 is 2.93 bits per heavy atom. The first-order chi connectivity index (χ1) is 7.40. The van der Waals surface area contributed by atoms with Crippen molar-refractivity contribution in [1.82, 2.24) is 0 Å². The quantitative estimate of drug-likeness (QED) is 0.645. The summed E-state index contributed by atoms with van der Waals surface area (Å²) in [6, 6.07) is 8.93. The van der Waals surface area contributed by atoms with Crippen molar-refractivity contribution in [1.29, 1.82) is 0 Å². The summed E-state index contributed by atoms with van der Waals surface area (Å²) < 4.78 is 0. The second-order valence-electron chi connectivity index (χ2n) is 4.06. The summed E-state index contributed by atoms with van der Waals surface area (Å²) in [5.41, 5.74) is 2.99. The molecular formula is C14H18S. The number of benzene rings is 1. The molecule has 0 radical (unpaired) electrons. The highest BCUT2D eigenvalue weighted by molar-refractivity contribution is 7.98. The summed E-state index contributed by atoms with van der Waals surface area (Å²) in [6.45, 7) is 0. The van der Waals surface area contributed by atoms with Gasteiger partial charge in [0.05, 0.1) is 0 Å². The van der Waals surface area contributed by atoms with Gasteiger partial charge in [0.2, 0.25) is 0 Å². The highest BCUT2D eigenvalue weighted by Crippen LogP contribution is 2.28. The molecule has 0 saturated heterocycles. The van der Waals surface area contributed by atoms with Gasteiger partial charge >= 0.3 is 0 Å². The van der Waals surface area contributed by atoms with Crippen LogP contribution in [0.5, 0.6) is 0 Å². The van der Waals surface area contributed by atoms with Gasteiger partial charge in [0.15, 0.2) is 0 Å². The van der Waals surface area contributed by atoms with E-state index in [-0.39, 0.29) is 0 Å². The molecule has 0 heterocycles. The van der Waals surface area contributed by atoms with Crippen LogP contribution in [0.1, 0.15) is 37.7 Å². The van der Waals surface area contributed by atoms with E-state index in [9.17, 15) is 0 Å². The third kappa shape index (κ3) is 2.88. The molecule has 0 spiro atoms. The molecule has 0 amide bonds. The van der Waals surface area contributed by atoms with Crippen LogP contribution in [0, 0.1) is 0 Å². The van der Waals surface area contributed by atoms with Crippen LogP contribution in [0.2, 0.25) is 0 Å². The predicted molar refractivity (Wildman–Crippen MR) is 69.3 cm³/mol. The monoisotopic (exact) mass is 218 g/mol. The number of rotatable bonds is 2. The Balaban J connectivity index is 2.23. The molecule has 1 aromatic carbocycles. The van der Waals surface area contributed by atoms with Gasteiger partial charge in [-0.3, -0.25) is 0 Å². The lowest BCUT2D eigenvalue weighted by molar-refractivity contribution is 0.720. The van der Waals surface area contributed by atoms with Crippen molar-refractivity contribution in [2.24, 2.45) is 0 Å². The summed E-state index contributed by atoms with van der Waals surface area (Å²) >= 11 is 1.82. The van der Waals surface area contributed by atoms with E-state index in [4.69, 9.17) is 0 Å². The number of hydrogen-bond donors (Lipinski definition) is 0. The lowest BCUT2D eigenvalue weighted by Gasteiger charge is -2.06. The lowest BCUT2D eigenvalue weighted by atomic mass is 10.0. The highest BCUT2D eigenvalue weighted by atomic mass is 32.2. The average Bonchev–Trinajstić information content (AvgIpc) is 2.58. The Morgan fingerprint density at radius 1 is 1.13 bits per heavy atom. The van der Waals surface area contributed by atoms with Crippen molar-refractivity contribution < 1.29 is 0 Å². The SMILES string of the molecule is CSc1cccc(C2=CCCCCC2)c1. The maximum atomic E-state index is 2.44. The molecule has 0 nitrogen and oxygen atoms in total. The van der Waals surface area contributed by atoms with Gasteiger partial charge in [0.25, 0.3) is 0 Å². The summed E-state index contributed by atoms with van der Waals surface area (Å²) in [5.74, 6) is 0. The molecule has 0 aromatic heterocycles. The fourth-order valence-electron chi connectivity index (χ4n) is 2.10. The lowest BCUT2D eigenvalue weighted by Crippen LogP contribution is -1.84. The molecule has 80 valence electrons. The van der Waals surface area contributed by atoms with E-state index < -0.39 is 0 Å². The third-order valence-electron chi connectivity index (χ3n) is 2.98. The number of hydrogen-bond acceptors (Lipinski definition) is 1. The van der Waals surface area contributed by atoms with Crippen LogP contribution in [0.15, 0.2) is 35.2 Å². The molecule has 0 unspecified atom stereocenters. The first-order valence-corrected chi connectivity index (χ1v) is 6.96. The van der Waals surface area contributed by atoms with Crippen molar-refractivity contribution in [2.45, 2.75) is 37.0 Å². The minimum absolute atomic E-state index is 1.26. The molecule has 0 saturated carbocycles. The standard InChI is InChI=1S/C14H18S/c1-15-14-10-6-9-13(11-14)12-7-4-2-3-5-8-12/h6-7,9-11H,2-5,8H2,1H3. The van der Waals surface area contributed by atoms with Crippen molar-refractivity contribution in [3.63, 3.8) is 0 Å². The Labute approximate surface area is 96.8 Å². The topological polar surface area (TPSA) is 0 Å². The van der Waals surface area contributed by atoms with Crippen LogP contribution in [0.3, 0.4) is 0 Å². The first kappa shape index (κ1) is 10.8. The second kappa shape index (κ2) is 5.41. The van der Waals surface area contributed by atoms with Crippen LogP contribution >= 0.6 is 11.8 Å². The van der Waals surface area contributed by atoms with Gasteiger partial charge in [-0.25, -0.2) is 0 Å². The Kier molecular flexibility index (Phi) is 3.90. The van der Waals surface area contributed by atoms with Crippen molar-refractivity contribution >= 4 is 17.3 Å². The molecule has 1 aromatic rings. The second-order valence-corrected chi connectivity index (χ2v) is 4.94. The molecule has 2 rings (SSSR count). The summed E-state index contributed by atoms with van der Waals surface area (Å²) in [7, 11) is 0. The molecule has 1 heteroatoms. The van der Waals surface area contributed by atoms with Crippen LogP contribution in [0.25, 0.3) is 5.57 Å². The smallest absolute Gasteiger partial charge is 0.00751 e. The van der Waals surface area contributed by atoms with E-state index in [0.29, 0.717) is 0 Å². The summed E-state index contributed by atoms with van der Waals surface area (Å²) in [4.78, 5) is 1.37. The van der Waals surface area contributed by atoms with Gasteiger partial charge in [-0.1, -0.05) is 24.6 Å². The van der Waals surface area contributed by atoms with Crippen LogP contribution in [-0.4, -0.2) is 6.26 Å². The van der Waals surface area contributed by atoms with E-state index in [2.05, 4.69) is 36.6 Å². The molecule has 0 aliphatic heterocycles. The molecular weight excluding hydrogens is 200 g/mol. The molecule has 0 N–H and O–H groups in total.